The molecule has 0 saturated heterocycles. The van der Waals surface area contributed by atoms with Gasteiger partial charge in [-0.25, -0.2) is 4.68 Å². The summed E-state index contributed by atoms with van der Waals surface area (Å²) in [5.41, 5.74) is 0.936. The molecule has 0 unspecified atom stereocenters. The molecule has 1 heterocycles. The summed E-state index contributed by atoms with van der Waals surface area (Å²) in [7, 11) is 1.55. The molecule has 0 aliphatic carbocycles. The number of rotatable bonds is 6. The fourth-order valence-electron chi connectivity index (χ4n) is 1.49. The highest BCUT2D eigenvalue weighted by Crippen LogP contribution is 1.99. The van der Waals surface area contributed by atoms with E-state index in [1.54, 1.807) is 20.1 Å². The van der Waals surface area contributed by atoms with Crippen LogP contribution in [0.1, 0.15) is 17.7 Å². The third-order valence-corrected chi connectivity index (χ3v) is 2.29. The Labute approximate surface area is 98.8 Å². The van der Waals surface area contributed by atoms with Crippen LogP contribution < -0.4 is 5.56 Å². The largest absolute Gasteiger partial charge is 0.481 e. The van der Waals surface area contributed by atoms with E-state index >= 15 is 0 Å². The summed E-state index contributed by atoms with van der Waals surface area (Å²) in [6.45, 7) is 2.54. The van der Waals surface area contributed by atoms with Crippen molar-refractivity contribution < 1.29 is 14.6 Å². The molecule has 17 heavy (non-hydrogen) atoms. The van der Waals surface area contributed by atoms with Crippen LogP contribution in [-0.4, -0.2) is 34.6 Å². The quantitative estimate of drug-likeness (QED) is 0.769. The van der Waals surface area contributed by atoms with E-state index in [-0.39, 0.29) is 18.4 Å². The monoisotopic (exact) mass is 240 g/mol. The topological polar surface area (TPSA) is 81.4 Å². The number of hydrogen-bond donors (Lipinski definition) is 1. The van der Waals surface area contributed by atoms with E-state index in [1.165, 1.54) is 4.68 Å². The number of carboxylic acids is 1. The molecule has 94 valence electrons. The van der Waals surface area contributed by atoms with Crippen LogP contribution in [0.5, 0.6) is 0 Å². The highest BCUT2D eigenvalue weighted by atomic mass is 16.5. The van der Waals surface area contributed by atoms with Crippen LogP contribution in [0.3, 0.4) is 0 Å². The van der Waals surface area contributed by atoms with Crippen molar-refractivity contribution in [1.82, 2.24) is 9.78 Å². The molecule has 0 saturated carbocycles. The van der Waals surface area contributed by atoms with Crippen LogP contribution in [0.25, 0.3) is 0 Å². The highest BCUT2D eigenvalue weighted by Gasteiger charge is 2.08. The second kappa shape index (κ2) is 6.15. The molecule has 1 aromatic rings. The van der Waals surface area contributed by atoms with Crippen LogP contribution >= 0.6 is 0 Å². The SMILES string of the molecule is COCCn1nc(C)cc(CCC(=O)O)c1=O. The van der Waals surface area contributed by atoms with Crippen LogP contribution in [-0.2, 0) is 22.5 Å². The van der Waals surface area contributed by atoms with E-state index in [1.807, 2.05) is 0 Å². The van der Waals surface area contributed by atoms with E-state index in [2.05, 4.69) is 5.10 Å². The molecular formula is C11H16N2O4. The summed E-state index contributed by atoms with van der Waals surface area (Å²) >= 11 is 0. The molecule has 0 fully saturated rings. The van der Waals surface area contributed by atoms with Crippen LogP contribution in [0.2, 0.25) is 0 Å². The van der Waals surface area contributed by atoms with E-state index in [0.717, 1.165) is 0 Å². The van der Waals surface area contributed by atoms with Crippen LogP contribution in [0.15, 0.2) is 10.9 Å². The van der Waals surface area contributed by atoms with Gasteiger partial charge < -0.3 is 9.84 Å². The van der Waals surface area contributed by atoms with Crippen molar-refractivity contribution in [3.8, 4) is 0 Å². The molecule has 0 atom stereocenters. The Bertz CT molecular complexity index is 453. The van der Waals surface area contributed by atoms with Crippen LogP contribution in [0, 0.1) is 6.92 Å². The lowest BCUT2D eigenvalue weighted by atomic mass is 10.1. The van der Waals surface area contributed by atoms with Gasteiger partial charge in [0.2, 0.25) is 0 Å². The summed E-state index contributed by atoms with van der Waals surface area (Å²) in [4.78, 5) is 22.4. The van der Waals surface area contributed by atoms with Crippen molar-refractivity contribution in [2.45, 2.75) is 26.3 Å². The van der Waals surface area contributed by atoms with Gasteiger partial charge >= 0.3 is 5.97 Å². The van der Waals surface area contributed by atoms with Crippen molar-refractivity contribution in [2.75, 3.05) is 13.7 Å². The fourth-order valence-corrected chi connectivity index (χ4v) is 1.49. The number of hydrogen-bond acceptors (Lipinski definition) is 4. The number of carboxylic acid groups (broad SMARTS) is 1. The summed E-state index contributed by atoms with van der Waals surface area (Å²) in [5.74, 6) is -0.915. The molecule has 0 radical (unpaired) electrons. The van der Waals surface area contributed by atoms with Crippen molar-refractivity contribution in [3.05, 3.63) is 27.7 Å². The summed E-state index contributed by atoms with van der Waals surface area (Å²) in [5, 5.41) is 12.7. The third-order valence-electron chi connectivity index (χ3n) is 2.29. The maximum Gasteiger partial charge on any atom is 0.303 e. The first kappa shape index (κ1) is 13.4. The van der Waals surface area contributed by atoms with E-state index in [0.29, 0.717) is 24.4 Å². The highest BCUT2D eigenvalue weighted by molar-refractivity contribution is 5.67. The number of ether oxygens (including phenoxy) is 1. The molecule has 1 rings (SSSR count). The molecule has 0 aliphatic rings. The van der Waals surface area contributed by atoms with Crippen molar-refractivity contribution in [1.29, 1.82) is 0 Å². The van der Waals surface area contributed by atoms with E-state index in [9.17, 15) is 9.59 Å². The second-order valence-corrected chi connectivity index (χ2v) is 3.73. The van der Waals surface area contributed by atoms with Gasteiger partial charge in [0.1, 0.15) is 0 Å². The maximum absolute atomic E-state index is 11.9. The zero-order chi connectivity index (χ0) is 12.8. The second-order valence-electron chi connectivity index (χ2n) is 3.73. The summed E-state index contributed by atoms with van der Waals surface area (Å²) < 4.78 is 6.20. The third kappa shape index (κ3) is 3.99. The van der Waals surface area contributed by atoms with Crippen molar-refractivity contribution >= 4 is 5.97 Å². The smallest absolute Gasteiger partial charge is 0.303 e. The summed E-state index contributed by atoms with van der Waals surface area (Å²) in [6.07, 6.45) is 0.174. The minimum atomic E-state index is -0.915. The molecule has 1 aromatic heterocycles. The minimum Gasteiger partial charge on any atom is -0.481 e. The predicted octanol–water partition coefficient (Wildman–Crippen LogP) is 0.215. The van der Waals surface area contributed by atoms with Gasteiger partial charge in [0.05, 0.1) is 18.8 Å². The van der Waals surface area contributed by atoms with Crippen molar-refractivity contribution in [3.63, 3.8) is 0 Å². The lowest BCUT2D eigenvalue weighted by molar-refractivity contribution is -0.136. The predicted molar refractivity (Wildman–Crippen MR) is 61.1 cm³/mol. The van der Waals surface area contributed by atoms with Gasteiger partial charge in [-0.3, -0.25) is 9.59 Å². The summed E-state index contributed by atoms with van der Waals surface area (Å²) in [6, 6.07) is 1.63. The first-order valence-electron chi connectivity index (χ1n) is 5.33. The molecule has 0 aliphatic heterocycles. The Morgan fingerprint density at radius 1 is 1.59 bits per heavy atom. The Hall–Kier alpha value is -1.69. The standard InChI is InChI=1S/C11H16N2O4/c1-8-7-9(3-4-10(14)15)11(16)13(12-8)5-6-17-2/h7H,3-6H2,1-2H3,(H,14,15). The Morgan fingerprint density at radius 3 is 2.88 bits per heavy atom. The van der Waals surface area contributed by atoms with Gasteiger partial charge in [0.15, 0.2) is 0 Å². The Kier molecular flexibility index (Phi) is 4.84. The molecule has 6 nitrogen and oxygen atoms in total. The number of aliphatic carboxylic acids is 1. The number of methoxy groups -OCH3 is 1. The van der Waals surface area contributed by atoms with E-state index in [4.69, 9.17) is 9.84 Å². The van der Waals surface area contributed by atoms with Crippen LogP contribution in [0.4, 0.5) is 0 Å². The molecule has 6 heteroatoms. The molecule has 0 spiro atoms. The number of nitrogens with zero attached hydrogens (tertiary/aromatic N) is 2. The first-order valence-corrected chi connectivity index (χ1v) is 5.33. The molecule has 0 bridgehead atoms. The number of aromatic nitrogens is 2. The minimum absolute atomic E-state index is 0.0526. The first-order chi connectivity index (χ1) is 8.04. The normalized spacial score (nSPS) is 10.5. The number of carbonyl (C=O) groups is 1. The van der Waals surface area contributed by atoms with Crippen molar-refractivity contribution in [2.24, 2.45) is 0 Å². The molecule has 0 aromatic carbocycles. The lowest BCUT2D eigenvalue weighted by Crippen LogP contribution is -2.28. The van der Waals surface area contributed by atoms with Gasteiger partial charge in [-0.1, -0.05) is 0 Å². The fraction of sp³-hybridized carbons (Fsp3) is 0.545. The molecule has 1 N–H and O–H groups in total. The number of aryl methyl sites for hydroxylation is 2. The van der Waals surface area contributed by atoms with E-state index < -0.39 is 5.97 Å². The van der Waals surface area contributed by atoms with Gasteiger partial charge in [0, 0.05) is 19.1 Å². The van der Waals surface area contributed by atoms with Gasteiger partial charge in [-0.15, -0.1) is 0 Å². The zero-order valence-corrected chi connectivity index (χ0v) is 9.97. The Balaban J connectivity index is 2.93. The average Bonchev–Trinajstić information content (AvgIpc) is 2.27. The van der Waals surface area contributed by atoms with Gasteiger partial charge in [0.25, 0.3) is 5.56 Å². The lowest BCUT2D eigenvalue weighted by Gasteiger charge is -2.07. The Morgan fingerprint density at radius 2 is 2.29 bits per heavy atom. The maximum atomic E-state index is 11.9. The van der Waals surface area contributed by atoms with Gasteiger partial charge in [-0.2, -0.15) is 5.10 Å². The van der Waals surface area contributed by atoms with Gasteiger partial charge in [-0.05, 0) is 19.4 Å². The zero-order valence-electron chi connectivity index (χ0n) is 9.97. The average molecular weight is 240 g/mol. The molecular weight excluding hydrogens is 224 g/mol. The molecule has 0 amide bonds.